The highest BCUT2D eigenvalue weighted by atomic mass is 15.3. The van der Waals surface area contributed by atoms with E-state index < -0.39 is 0 Å². The Labute approximate surface area is 113 Å². The van der Waals surface area contributed by atoms with Gasteiger partial charge in [0.05, 0.1) is 0 Å². The SMILES string of the molecule is CC(Nc1n[nH]c(N)n1)C12CC3CC(CC(C3)C1)C2. The van der Waals surface area contributed by atoms with Gasteiger partial charge < -0.3 is 11.1 Å². The zero-order chi connectivity index (χ0) is 13.0. The minimum atomic E-state index is 0.389. The fraction of sp³-hybridized carbons (Fsp3) is 0.857. The summed E-state index contributed by atoms with van der Waals surface area (Å²) >= 11 is 0. The molecule has 1 aromatic heterocycles. The van der Waals surface area contributed by atoms with Gasteiger partial charge in [-0.15, -0.1) is 5.10 Å². The second-order valence-electron chi connectivity index (χ2n) is 7.19. The lowest BCUT2D eigenvalue weighted by atomic mass is 9.48. The van der Waals surface area contributed by atoms with Gasteiger partial charge in [0.1, 0.15) is 0 Å². The van der Waals surface area contributed by atoms with Crippen molar-refractivity contribution in [1.82, 2.24) is 15.2 Å². The van der Waals surface area contributed by atoms with Gasteiger partial charge in [-0.25, -0.2) is 5.10 Å². The summed E-state index contributed by atoms with van der Waals surface area (Å²) in [6, 6.07) is 0.441. The third-order valence-electron chi connectivity index (χ3n) is 5.85. The van der Waals surface area contributed by atoms with Crippen LogP contribution >= 0.6 is 0 Å². The zero-order valence-electron chi connectivity index (χ0n) is 11.5. The van der Waals surface area contributed by atoms with Crippen LogP contribution in [0.1, 0.15) is 45.4 Å². The van der Waals surface area contributed by atoms with Gasteiger partial charge in [0.25, 0.3) is 0 Å². The lowest BCUT2D eigenvalue weighted by Crippen LogP contribution is -2.53. The molecule has 4 aliphatic carbocycles. The predicted octanol–water partition coefficient (Wildman–Crippen LogP) is 2.40. The first-order valence-corrected chi connectivity index (χ1v) is 7.57. The molecule has 0 aromatic carbocycles. The maximum absolute atomic E-state index is 5.59. The molecule has 1 heterocycles. The highest BCUT2D eigenvalue weighted by Gasteiger charge is 2.53. The van der Waals surface area contributed by atoms with Crippen LogP contribution < -0.4 is 11.1 Å². The summed E-state index contributed by atoms with van der Waals surface area (Å²) in [5, 5.41) is 10.3. The molecule has 0 aliphatic heterocycles. The van der Waals surface area contributed by atoms with Gasteiger partial charge in [-0.05, 0) is 68.6 Å². The molecule has 1 atom stereocenters. The van der Waals surface area contributed by atoms with Gasteiger partial charge in [-0.1, -0.05) is 0 Å². The summed E-state index contributed by atoms with van der Waals surface area (Å²) in [6.07, 6.45) is 8.64. The molecule has 104 valence electrons. The highest BCUT2D eigenvalue weighted by Crippen LogP contribution is 2.61. The number of H-pyrrole nitrogens is 1. The molecule has 0 saturated heterocycles. The van der Waals surface area contributed by atoms with E-state index in [2.05, 4.69) is 27.4 Å². The van der Waals surface area contributed by atoms with Gasteiger partial charge in [0, 0.05) is 6.04 Å². The Morgan fingerprint density at radius 3 is 2.26 bits per heavy atom. The standard InChI is InChI=1S/C14H23N5/c1-8(16-13-17-12(15)18-19-13)14-5-9-2-10(6-14)4-11(3-9)7-14/h8-11H,2-7H2,1H3,(H4,15,16,17,18,19). The molecule has 0 amide bonds. The van der Waals surface area contributed by atoms with Gasteiger partial charge in [0.2, 0.25) is 11.9 Å². The van der Waals surface area contributed by atoms with E-state index in [0.29, 0.717) is 23.4 Å². The van der Waals surface area contributed by atoms with Crippen molar-refractivity contribution in [1.29, 1.82) is 0 Å². The lowest BCUT2D eigenvalue weighted by molar-refractivity contribution is -0.0603. The molecule has 4 aliphatic rings. The van der Waals surface area contributed by atoms with Crippen molar-refractivity contribution in [3.8, 4) is 0 Å². The Hall–Kier alpha value is -1.26. The number of nitrogens with two attached hydrogens (primary N) is 1. The van der Waals surface area contributed by atoms with Crippen molar-refractivity contribution in [3.63, 3.8) is 0 Å². The van der Waals surface area contributed by atoms with Gasteiger partial charge in [-0.2, -0.15) is 4.98 Å². The van der Waals surface area contributed by atoms with E-state index in [1.54, 1.807) is 0 Å². The third kappa shape index (κ3) is 1.82. The molecule has 19 heavy (non-hydrogen) atoms. The van der Waals surface area contributed by atoms with Gasteiger partial charge >= 0.3 is 0 Å². The number of nitrogen functional groups attached to an aromatic ring is 1. The molecule has 5 rings (SSSR count). The van der Waals surface area contributed by atoms with E-state index in [-0.39, 0.29) is 0 Å². The topological polar surface area (TPSA) is 79.6 Å². The average Bonchev–Trinajstić information content (AvgIpc) is 2.73. The third-order valence-corrected chi connectivity index (χ3v) is 5.85. The van der Waals surface area contributed by atoms with Crippen molar-refractivity contribution in [2.24, 2.45) is 23.2 Å². The smallest absolute Gasteiger partial charge is 0.243 e. The first-order chi connectivity index (χ1) is 9.13. The molecule has 1 unspecified atom stereocenters. The summed E-state index contributed by atoms with van der Waals surface area (Å²) in [7, 11) is 0. The molecule has 0 spiro atoms. The van der Waals surface area contributed by atoms with Crippen molar-refractivity contribution in [2.45, 2.75) is 51.5 Å². The zero-order valence-corrected chi connectivity index (χ0v) is 11.5. The summed E-state index contributed by atoms with van der Waals surface area (Å²) in [5.74, 6) is 3.98. The maximum Gasteiger partial charge on any atom is 0.243 e. The van der Waals surface area contributed by atoms with Crippen molar-refractivity contribution in [2.75, 3.05) is 11.1 Å². The highest BCUT2D eigenvalue weighted by molar-refractivity contribution is 5.32. The van der Waals surface area contributed by atoms with Crippen LogP contribution in [-0.4, -0.2) is 21.2 Å². The first kappa shape index (κ1) is 11.6. The van der Waals surface area contributed by atoms with Crippen LogP contribution in [0, 0.1) is 23.2 Å². The molecule has 4 N–H and O–H groups in total. The molecule has 0 radical (unpaired) electrons. The Balaban J connectivity index is 1.54. The number of nitrogens with zero attached hydrogens (tertiary/aromatic N) is 2. The molecule has 4 saturated carbocycles. The summed E-state index contributed by atoms with van der Waals surface area (Å²) in [4.78, 5) is 4.18. The van der Waals surface area contributed by atoms with E-state index in [0.717, 1.165) is 17.8 Å². The Kier molecular flexibility index (Phi) is 2.35. The second-order valence-corrected chi connectivity index (χ2v) is 7.19. The van der Waals surface area contributed by atoms with Crippen LogP contribution in [0.15, 0.2) is 0 Å². The molecular weight excluding hydrogens is 238 g/mol. The van der Waals surface area contributed by atoms with Crippen LogP contribution in [0.5, 0.6) is 0 Å². The predicted molar refractivity (Wildman–Crippen MR) is 74.5 cm³/mol. The van der Waals surface area contributed by atoms with Gasteiger partial charge in [-0.3, -0.25) is 0 Å². The number of rotatable bonds is 3. The Morgan fingerprint density at radius 2 is 1.79 bits per heavy atom. The van der Waals surface area contributed by atoms with Crippen molar-refractivity contribution < 1.29 is 0 Å². The number of aromatic amines is 1. The fourth-order valence-electron chi connectivity index (χ4n) is 5.39. The van der Waals surface area contributed by atoms with Crippen molar-refractivity contribution in [3.05, 3.63) is 0 Å². The maximum atomic E-state index is 5.59. The van der Waals surface area contributed by atoms with E-state index in [1.807, 2.05) is 0 Å². The number of hydrogen-bond acceptors (Lipinski definition) is 4. The van der Waals surface area contributed by atoms with Gasteiger partial charge in [0.15, 0.2) is 0 Å². The average molecular weight is 261 g/mol. The molecule has 5 nitrogen and oxygen atoms in total. The monoisotopic (exact) mass is 261 g/mol. The van der Waals surface area contributed by atoms with Crippen LogP contribution in [0.2, 0.25) is 0 Å². The van der Waals surface area contributed by atoms with E-state index in [9.17, 15) is 0 Å². The Morgan fingerprint density at radius 1 is 1.21 bits per heavy atom. The minimum Gasteiger partial charge on any atom is -0.368 e. The largest absolute Gasteiger partial charge is 0.368 e. The van der Waals surface area contributed by atoms with Crippen molar-refractivity contribution >= 4 is 11.9 Å². The summed E-state index contributed by atoms with van der Waals surface area (Å²) in [6.45, 7) is 2.31. The number of nitrogens with one attached hydrogen (secondary N) is 2. The second kappa shape index (κ2) is 3.87. The van der Waals surface area contributed by atoms with Crippen LogP contribution in [0.4, 0.5) is 11.9 Å². The molecule has 4 fully saturated rings. The summed E-state index contributed by atoms with van der Waals surface area (Å²) < 4.78 is 0. The lowest BCUT2D eigenvalue weighted by Gasteiger charge is -2.59. The number of aromatic nitrogens is 3. The molecule has 5 heteroatoms. The normalized spacial score (nSPS) is 41.4. The van der Waals surface area contributed by atoms with E-state index in [1.165, 1.54) is 38.5 Å². The quantitative estimate of drug-likeness (QED) is 0.780. The molecular formula is C14H23N5. The molecule has 4 bridgehead atoms. The van der Waals surface area contributed by atoms with E-state index in [4.69, 9.17) is 5.73 Å². The Bertz CT molecular complexity index is 445. The van der Waals surface area contributed by atoms with Crippen LogP contribution in [-0.2, 0) is 0 Å². The van der Waals surface area contributed by atoms with E-state index >= 15 is 0 Å². The first-order valence-electron chi connectivity index (χ1n) is 7.57. The molecule has 1 aromatic rings. The fourth-order valence-corrected chi connectivity index (χ4v) is 5.39. The number of anilines is 2. The number of hydrogen-bond donors (Lipinski definition) is 3. The minimum absolute atomic E-state index is 0.389. The van der Waals surface area contributed by atoms with Crippen LogP contribution in [0.25, 0.3) is 0 Å². The summed E-state index contributed by atoms with van der Waals surface area (Å²) in [5.41, 5.74) is 6.07. The van der Waals surface area contributed by atoms with Crippen LogP contribution in [0.3, 0.4) is 0 Å².